The third kappa shape index (κ3) is 5.40. The van der Waals surface area contributed by atoms with Crippen molar-refractivity contribution in [1.29, 1.82) is 0 Å². The quantitative estimate of drug-likeness (QED) is 0.528. The first-order valence-electron chi connectivity index (χ1n) is 10.5. The molecule has 1 amide bonds. The summed E-state index contributed by atoms with van der Waals surface area (Å²) in [5.41, 5.74) is 2.66. The van der Waals surface area contributed by atoms with E-state index in [-0.39, 0.29) is 11.9 Å². The van der Waals surface area contributed by atoms with E-state index in [1.807, 2.05) is 53.1 Å². The number of pyridine rings is 1. The maximum atomic E-state index is 13.0. The summed E-state index contributed by atoms with van der Waals surface area (Å²) >= 11 is 1.75. The molecule has 3 aromatic rings. The number of thioether (sulfide) groups is 1. The fourth-order valence-electron chi connectivity index (χ4n) is 3.50. The minimum atomic E-state index is -0.196. The molecule has 1 atom stereocenters. The Labute approximate surface area is 183 Å². The lowest BCUT2D eigenvalue weighted by Gasteiger charge is -2.24. The molecule has 0 saturated heterocycles. The Balaban J connectivity index is 1.74. The molecule has 0 bridgehead atoms. The van der Waals surface area contributed by atoms with Gasteiger partial charge in [-0.2, -0.15) is 11.8 Å². The number of fused-ring (bicyclic) bond motifs is 1. The van der Waals surface area contributed by atoms with Crippen molar-refractivity contribution < 1.29 is 4.79 Å². The molecule has 1 aromatic carbocycles. The highest BCUT2D eigenvalue weighted by atomic mass is 32.2. The van der Waals surface area contributed by atoms with Crippen molar-refractivity contribution in [3.05, 3.63) is 65.6 Å². The lowest BCUT2D eigenvalue weighted by Crippen LogP contribution is -2.31. The van der Waals surface area contributed by atoms with Gasteiger partial charge in [0.2, 0.25) is 0 Å². The standard InChI is InChI=1S/C23H31N5OS/c1-5-27(17(2)3)16-18-9-11-19(12-10-18)23(29)24-20(13-15-30-4)22-26-25-21-8-6-7-14-28(21)22/h6-12,14,17,20H,5,13,15-16H2,1-4H3,(H,24,29). The number of rotatable bonds is 10. The van der Waals surface area contributed by atoms with Crippen molar-refractivity contribution in [3.63, 3.8) is 0 Å². The summed E-state index contributed by atoms with van der Waals surface area (Å²) in [7, 11) is 0. The molecule has 160 valence electrons. The molecular formula is C23H31N5OS. The highest BCUT2D eigenvalue weighted by molar-refractivity contribution is 7.98. The lowest BCUT2D eigenvalue weighted by atomic mass is 10.1. The molecule has 2 aromatic heterocycles. The third-order valence-corrected chi connectivity index (χ3v) is 5.95. The van der Waals surface area contributed by atoms with Gasteiger partial charge < -0.3 is 5.32 Å². The van der Waals surface area contributed by atoms with Crippen molar-refractivity contribution >= 4 is 23.3 Å². The van der Waals surface area contributed by atoms with Crippen molar-refractivity contribution in [2.75, 3.05) is 18.6 Å². The second kappa shape index (κ2) is 10.6. The summed E-state index contributed by atoms with van der Waals surface area (Å²) in [4.78, 5) is 15.4. The van der Waals surface area contributed by atoms with E-state index in [2.05, 4.69) is 47.4 Å². The van der Waals surface area contributed by atoms with Crippen LogP contribution in [-0.2, 0) is 6.54 Å². The zero-order valence-electron chi connectivity index (χ0n) is 18.2. The van der Waals surface area contributed by atoms with Crippen molar-refractivity contribution in [2.24, 2.45) is 0 Å². The first-order chi connectivity index (χ1) is 14.5. The van der Waals surface area contributed by atoms with Gasteiger partial charge >= 0.3 is 0 Å². The molecule has 2 heterocycles. The zero-order valence-corrected chi connectivity index (χ0v) is 19.0. The molecule has 0 aliphatic heterocycles. The molecule has 0 radical (unpaired) electrons. The first kappa shape index (κ1) is 22.3. The highest BCUT2D eigenvalue weighted by Gasteiger charge is 2.21. The van der Waals surface area contributed by atoms with Gasteiger partial charge in [0.05, 0.1) is 6.04 Å². The largest absolute Gasteiger partial charge is 0.342 e. The number of amides is 1. The minimum Gasteiger partial charge on any atom is -0.342 e. The second-order valence-electron chi connectivity index (χ2n) is 7.65. The lowest BCUT2D eigenvalue weighted by molar-refractivity contribution is 0.0933. The molecule has 0 saturated carbocycles. The van der Waals surface area contributed by atoms with Gasteiger partial charge in [-0.1, -0.05) is 25.1 Å². The van der Waals surface area contributed by atoms with E-state index < -0.39 is 0 Å². The molecule has 0 fully saturated rings. The van der Waals surface area contributed by atoms with E-state index in [4.69, 9.17) is 0 Å². The normalized spacial score (nSPS) is 12.6. The molecule has 0 aliphatic rings. The van der Waals surface area contributed by atoms with Gasteiger partial charge in [-0.05, 0) is 68.7 Å². The van der Waals surface area contributed by atoms with Gasteiger partial charge in [0, 0.05) is 24.3 Å². The Bertz CT molecular complexity index is 954. The molecule has 7 heteroatoms. The van der Waals surface area contributed by atoms with Crippen LogP contribution in [0.4, 0.5) is 0 Å². The minimum absolute atomic E-state index is 0.0865. The molecule has 30 heavy (non-hydrogen) atoms. The smallest absolute Gasteiger partial charge is 0.251 e. The van der Waals surface area contributed by atoms with Crippen LogP contribution in [0.1, 0.15) is 55.0 Å². The molecule has 0 spiro atoms. The maximum absolute atomic E-state index is 13.0. The van der Waals surface area contributed by atoms with Crippen LogP contribution in [0, 0.1) is 0 Å². The monoisotopic (exact) mass is 425 g/mol. The Kier molecular flexibility index (Phi) is 7.87. The topological polar surface area (TPSA) is 62.5 Å². The van der Waals surface area contributed by atoms with Crippen LogP contribution in [-0.4, -0.2) is 50.0 Å². The van der Waals surface area contributed by atoms with Crippen molar-refractivity contribution in [3.8, 4) is 0 Å². The van der Waals surface area contributed by atoms with E-state index >= 15 is 0 Å². The number of hydrogen-bond donors (Lipinski definition) is 1. The summed E-state index contributed by atoms with van der Waals surface area (Å²) in [6.07, 6.45) is 4.79. The van der Waals surface area contributed by atoms with Crippen LogP contribution in [0.25, 0.3) is 5.65 Å². The van der Waals surface area contributed by atoms with E-state index in [1.165, 1.54) is 5.56 Å². The highest BCUT2D eigenvalue weighted by Crippen LogP contribution is 2.19. The summed E-state index contributed by atoms with van der Waals surface area (Å²) in [6.45, 7) is 8.47. The molecule has 6 nitrogen and oxygen atoms in total. The summed E-state index contributed by atoms with van der Waals surface area (Å²) < 4.78 is 1.94. The molecule has 1 N–H and O–H groups in total. The number of hydrogen-bond acceptors (Lipinski definition) is 5. The van der Waals surface area contributed by atoms with Gasteiger partial charge in [-0.15, -0.1) is 10.2 Å². The van der Waals surface area contributed by atoms with Crippen LogP contribution in [0.15, 0.2) is 48.7 Å². The number of nitrogens with one attached hydrogen (secondary N) is 1. The second-order valence-corrected chi connectivity index (χ2v) is 8.63. The Hall–Kier alpha value is -2.38. The van der Waals surface area contributed by atoms with Crippen LogP contribution < -0.4 is 5.32 Å². The summed E-state index contributed by atoms with van der Waals surface area (Å²) in [6, 6.07) is 14.0. The number of carbonyl (C=O) groups is 1. The number of aromatic nitrogens is 3. The van der Waals surface area contributed by atoms with Gasteiger partial charge in [-0.3, -0.25) is 14.1 Å². The Morgan fingerprint density at radius 2 is 1.93 bits per heavy atom. The van der Waals surface area contributed by atoms with Gasteiger partial charge in [0.1, 0.15) is 0 Å². The van der Waals surface area contributed by atoms with Crippen molar-refractivity contribution in [1.82, 2.24) is 24.8 Å². The van der Waals surface area contributed by atoms with E-state index in [0.29, 0.717) is 11.6 Å². The fraction of sp³-hybridized carbons (Fsp3) is 0.435. The Morgan fingerprint density at radius 1 is 1.17 bits per heavy atom. The Morgan fingerprint density at radius 3 is 2.60 bits per heavy atom. The maximum Gasteiger partial charge on any atom is 0.251 e. The third-order valence-electron chi connectivity index (χ3n) is 5.31. The van der Waals surface area contributed by atoms with Crippen molar-refractivity contribution in [2.45, 2.75) is 45.8 Å². The van der Waals surface area contributed by atoms with E-state index in [1.54, 1.807) is 11.8 Å². The molecule has 3 rings (SSSR count). The predicted molar refractivity (Wildman–Crippen MR) is 124 cm³/mol. The summed E-state index contributed by atoms with van der Waals surface area (Å²) in [5.74, 6) is 1.60. The number of benzene rings is 1. The molecular weight excluding hydrogens is 394 g/mol. The molecule has 0 aliphatic carbocycles. The van der Waals surface area contributed by atoms with Gasteiger partial charge in [0.15, 0.2) is 11.5 Å². The van der Waals surface area contributed by atoms with E-state index in [0.717, 1.165) is 36.7 Å². The zero-order chi connectivity index (χ0) is 21.5. The van der Waals surface area contributed by atoms with Crippen LogP contribution in [0.5, 0.6) is 0 Å². The van der Waals surface area contributed by atoms with Crippen LogP contribution in [0.2, 0.25) is 0 Å². The SMILES string of the molecule is CCN(Cc1ccc(C(=O)NC(CCSC)c2nnc3ccccn23)cc1)C(C)C. The first-order valence-corrected chi connectivity index (χ1v) is 11.8. The van der Waals surface area contributed by atoms with Gasteiger partial charge in [0.25, 0.3) is 5.91 Å². The summed E-state index contributed by atoms with van der Waals surface area (Å²) in [5, 5.41) is 11.8. The average Bonchev–Trinajstić information content (AvgIpc) is 3.19. The average molecular weight is 426 g/mol. The van der Waals surface area contributed by atoms with Crippen LogP contribution >= 0.6 is 11.8 Å². The predicted octanol–water partition coefficient (Wildman–Crippen LogP) is 4.18. The van der Waals surface area contributed by atoms with E-state index in [9.17, 15) is 4.79 Å². The number of carbonyl (C=O) groups excluding carboxylic acids is 1. The van der Waals surface area contributed by atoms with Gasteiger partial charge in [-0.25, -0.2) is 0 Å². The number of nitrogens with zero attached hydrogens (tertiary/aromatic N) is 4. The molecule has 1 unspecified atom stereocenters. The fourth-order valence-corrected chi connectivity index (χ4v) is 3.97. The van der Waals surface area contributed by atoms with Crippen LogP contribution in [0.3, 0.4) is 0 Å².